The van der Waals surface area contributed by atoms with E-state index in [0.29, 0.717) is 12.8 Å². The number of primary amides is 2. The zero-order valence-corrected chi connectivity index (χ0v) is 77.5. The molecule has 11 atom stereocenters. The highest BCUT2D eigenvalue weighted by molar-refractivity contribution is 6.04. The second-order valence-corrected chi connectivity index (χ2v) is 37.5. The summed E-state index contributed by atoms with van der Waals surface area (Å²) >= 11 is 0. The Morgan fingerprint density at radius 2 is 0.685 bits per heavy atom. The summed E-state index contributed by atoms with van der Waals surface area (Å²) < 4.78 is 0. The van der Waals surface area contributed by atoms with Gasteiger partial charge in [0.25, 0.3) is 0 Å². The van der Waals surface area contributed by atoms with Crippen LogP contribution in [-0.2, 0) is 95.9 Å². The zero-order valence-electron chi connectivity index (χ0n) is 77.5. The average Bonchev–Trinajstić information content (AvgIpc) is 1.48. The van der Waals surface area contributed by atoms with Crippen LogP contribution in [-0.4, -0.2) is 257 Å². The van der Waals surface area contributed by atoms with Crippen molar-refractivity contribution in [3.8, 4) is 0 Å². The predicted octanol–water partition coefficient (Wildman–Crippen LogP) is -3.60. The van der Waals surface area contributed by atoms with Gasteiger partial charge in [0.15, 0.2) is 0 Å². The maximum absolute atomic E-state index is 14.6. The number of hydrogen-bond donors (Lipinski definition) is 21. The number of nitrogens with one attached hydrogen (secondary N) is 17. The smallest absolute Gasteiger partial charge is 0.248 e. The largest absolute Gasteiger partial charge is 0.394 e. The van der Waals surface area contributed by atoms with Crippen molar-refractivity contribution in [1.82, 2.24) is 95.3 Å². The number of carbonyl (C=O) groups is 20. The van der Waals surface area contributed by atoms with Gasteiger partial charge in [0.05, 0.1) is 19.3 Å². The first kappa shape index (κ1) is 111. The fourth-order valence-corrected chi connectivity index (χ4v) is 12.5. The molecule has 23 N–H and O–H groups in total. The first-order valence-electron chi connectivity index (χ1n) is 41.9. The third-order valence-electron chi connectivity index (χ3n) is 20.9. The monoisotopic (exact) mass is 1760 g/mol. The van der Waals surface area contributed by atoms with Gasteiger partial charge in [0, 0.05) is 26.3 Å². The van der Waals surface area contributed by atoms with E-state index < -0.39 is 248 Å². The van der Waals surface area contributed by atoms with E-state index in [-0.39, 0.29) is 69.2 Å². The quantitative estimate of drug-likeness (QED) is 0.0280. The SMILES string of the molecule is CCC(C)(NC(=O)C(C)NC(=O)C(C)(C)NC(=O)C(CC(C)C)NC(=O)C(C)(C)NC(=O)C(CCC(N)=O)NC(=O)C(C)(CC)NC(=O)C(C)(C)NC(=O)C(C)NC(=O)C(CO)NC(=O)C(C)(C)NC(C)=O)C(=O)NC(C)(C)C(=O)N1CCCC1C(=O)NC(CC(C)C)C(=O)NC(C)(C)C(=O)NC(C)(C)C(=O)NC(CCC(N)=O)C(=O)NC(CO)CC(C)C. The fourth-order valence-electron chi connectivity index (χ4n) is 12.5. The molecule has 0 spiro atoms. The van der Waals surface area contributed by atoms with Crippen molar-refractivity contribution in [3.63, 3.8) is 0 Å². The highest BCUT2D eigenvalue weighted by Gasteiger charge is 2.49. The van der Waals surface area contributed by atoms with E-state index in [0.717, 1.165) is 0 Å². The van der Waals surface area contributed by atoms with Gasteiger partial charge in [0.1, 0.15) is 98.2 Å². The van der Waals surface area contributed by atoms with E-state index in [9.17, 15) is 106 Å². The third kappa shape index (κ3) is 34.4. The van der Waals surface area contributed by atoms with Crippen LogP contribution < -0.4 is 102 Å². The molecule has 1 saturated heterocycles. The molecule has 1 aliphatic rings. The van der Waals surface area contributed by atoms with Crippen molar-refractivity contribution in [1.29, 1.82) is 0 Å². The lowest BCUT2D eigenvalue weighted by molar-refractivity contribution is -0.146. The molecule has 42 heteroatoms. The van der Waals surface area contributed by atoms with Crippen LogP contribution in [0.4, 0.5) is 0 Å². The van der Waals surface area contributed by atoms with Gasteiger partial charge in [0.2, 0.25) is 118 Å². The lowest BCUT2D eigenvalue weighted by Gasteiger charge is -2.37. The zero-order chi connectivity index (χ0) is 96.5. The molecule has 0 bridgehead atoms. The molecule has 1 heterocycles. The molecule has 20 amide bonds. The van der Waals surface area contributed by atoms with E-state index in [2.05, 4.69) is 90.4 Å². The summed E-state index contributed by atoms with van der Waals surface area (Å²) in [7, 11) is 0. The topological polar surface area (TPSA) is 642 Å². The first-order chi connectivity index (χ1) is 56.5. The van der Waals surface area contributed by atoms with E-state index in [1.54, 1.807) is 34.6 Å². The van der Waals surface area contributed by atoms with Crippen LogP contribution in [0.1, 0.15) is 258 Å². The number of rotatable bonds is 50. The van der Waals surface area contributed by atoms with Gasteiger partial charge in [-0.05, 0) is 200 Å². The van der Waals surface area contributed by atoms with Crippen LogP contribution in [0.2, 0.25) is 0 Å². The van der Waals surface area contributed by atoms with Crippen LogP contribution in [0.15, 0.2) is 0 Å². The van der Waals surface area contributed by atoms with Crippen LogP contribution in [0.5, 0.6) is 0 Å². The minimum Gasteiger partial charge on any atom is -0.394 e. The second-order valence-electron chi connectivity index (χ2n) is 37.5. The minimum atomic E-state index is -1.91. The molecule has 0 aromatic rings. The molecule has 0 aromatic carbocycles. The number of nitrogens with two attached hydrogens (primary N) is 2. The van der Waals surface area contributed by atoms with E-state index >= 15 is 0 Å². The molecular weight excluding hydrogens is 1620 g/mol. The summed E-state index contributed by atoms with van der Waals surface area (Å²) in [6, 6.07) is -11.7. The summed E-state index contributed by atoms with van der Waals surface area (Å²) in [5, 5.41) is 63.3. The highest BCUT2D eigenvalue weighted by atomic mass is 16.3. The lowest BCUT2D eigenvalue weighted by Crippen LogP contribution is -2.67. The Kier molecular flexibility index (Phi) is 41.6. The van der Waals surface area contributed by atoms with Crippen molar-refractivity contribution in [2.75, 3.05) is 19.8 Å². The van der Waals surface area contributed by atoms with Crippen molar-refractivity contribution < 1.29 is 106 Å². The first-order valence-corrected chi connectivity index (χ1v) is 41.9. The molecule has 11 unspecified atom stereocenters. The Morgan fingerprint density at radius 3 is 1.11 bits per heavy atom. The molecule has 1 fully saturated rings. The van der Waals surface area contributed by atoms with Crippen LogP contribution in [0, 0.1) is 17.8 Å². The standard InChI is InChI=1S/C82H144N20O22/c1-28-81(26,101-70(121)79(22,23)94-57(108)45(9)85-60(111)53(41-104)92-66(117)74(12,13)93-47(11)105)71(122)90-50(33-35-56(84)107)61(112)95-76(16,17)67(118)91-52(39-44(7)8)63(114)96-75(14,15)65(116)86-46(10)58(109)98-82(27,29-2)72(123)100-80(24,25)73(124)102-36-30-31-54(102)64(115)88-51(38-43(5)6)62(113)97-78(20,21)69(120)99-77(18,19)68(119)89-49(32-34-55(83)106)59(110)87-48(40-103)37-42(3)4/h42-46,48-54,103-104H,28-41H2,1-27H3,(H2,83,106)(H2,84,107)(H,85,111)(H,86,116)(H,87,110)(H,88,115)(H,89,119)(H,90,122)(H,91,118)(H,92,117)(H,93,105)(H,94,108)(H,95,112)(H,96,114)(H,97,113)(H,98,109)(H,99,120)(H,100,123)(H,101,121). The van der Waals surface area contributed by atoms with Crippen molar-refractivity contribution in [3.05, 3.63) is 0 Å². The van der Waals surface area contributed by atoms with Crippen molar-refractivity contribution in [2.45, 2.75) is 362 Å². The Labute approximate surface area is 727 Å². The van der Waals surface area contributed by atoms with Crippen LogP contribution in [0.25, 0.3) is 0 Å². The van der Waals surface area contributed by atoms with Crippen molar-refractivity contribution in [2.24, 2.45) is 29.2 Å². The van der Waals surface area contributed by atoms with Gasteiger partial charge in [-0.2, -0.15) is 0 Å². The summed E-state index contributed by atoms with van der Waals surface area (Å²) in [5.74, 6) is -17.3. The number of aliphatic hydroxyl groups excluding tert-OH is 2. The molecule has 704 valence electrons. The number of amides is 20. The third-order valence-corrected chi connectivity index (χ3v) is 20.9. The van der Waals surface area contributed by atoms with Crippen molar-refractivity contribution >= 4 is 118 Å². The Morgan fingerprint density at radius 1 is 0.347 bits per heavy atom. The number of hydrogen-bond acceptors (Lipinski definition) is 22. The summed E-state index contributed by atoms with van der Waals surface area (Å²) in [6.07, 6.45) is -0.656. The molecule has 124 heavy (non-hydrogen) atoms. The Hall–Kier alpha value is -10.7. The van der Waals surface area contributed by atoms with Gasteiger partial charge in [-0.3, -0.25) is 95.9 Å². The molecule has 42 nitrogen and oxygen atoms in total. The Bertz CT molecular complexity index is 3910. The van der Waals surface area contributed by atoms with Crippen LogP contribution in [0.3, 0.4) is 0 Å². The molecule has 1 aliphatic heterocycles. The van der Waals surface area contributed by atoms with Gasteiger partial charge >= 0.3 is 0 Å². The number of carbonyl (C=O) groups excluding carboxylic acids is 20. The molecular formula is C82H144N20O22. The van der Waals surface area contributed by atoms with Gasteiger partial charge in [-0.25, -0.2) is 0 Å². The summed E-state index contributed by atoms with van der Waals surface area (Å²) in [4.78, 5) is 274. The molecule has 0 aliphatic carbocycles. The minimum absolute atomic E-state index is 0.0327. The van der Waals surface area contributed by atoms with Gasteiger partial charge in [-0.15, -0.1) is 0 Å². The average molecular weight is 1760 g/mol. The van der Waals surface area contributed by atoms with E-state index in [4.69, 9.17) is 11.5 Å². The van der Waals surface area contributed by atoms with E-state index in [1.165, 1.54) is 143 Å². The highest BCUT2D eigenvalue weighted by Crippen LogP contribution is 2.25. The number of nitrogens with zero attached hydrogens (tertiary/aromatic N) is 1. The maximum atomic E-state index is 14.6. The lowest BCUT2D eigenvalue weighted by atomic mass is 9.93. The number of aliphatic hydroxyl groups is 2. The van der Waals surface area contributed by atoms with Crippen LogP contribution >= 0.6 is 0 Å². The fraction of sp³-hybridized carbons (Fsp3) is 0.756. The summed E-state index contributed by atoms with van der Waals surface area (Å²) in [6.45, 7) is 37.8. The molecule has 0 aromatic heterocycles. The van der Waals surface area contributed by atoms with Gasteiger partial charge < -0.3 is 117 Å². The molecule has 0 saturated carbocycles. The predicted molar refractivity (Wildman–Crippen MR) is 456 cm³/mol. The van der Waals surface area contributed by atoms with E-state index in [1.807, 2.05) is 13.8 Å². The molecule has 0 radical (unpaired) electrons. The normalized spacial score (nSPS) is 16.3. The Balaban J connectivity index is 3.28. The second kappa shape index (κ2) is 46.3. The number of likely N-dealkylation sites (tertiary alicyclic amines) is 1. The summed E-state index contributed by atoms with van der Waals surface area (Å²) in [5.41, 5.74) is -5.08. The molecule has 1 rings (SSSR count). The maximum Gasteiger partial charge on any atom is 0.248 e. The van der Waals surface area contributed by atoms with Gasteiger partial charge in [-0.1, -0.05) is 55.4 Å².